The second-order valence-corrected chi connectivity index (χ2v) is 7.23. The zero-order valence-electron chi connectivity index (χ0n) is 16.6. The summed E-state index contributed by atoms with van der Waals surface area (Å²) in [6, 6.07) is 0. The van der Waals surface area contributed by atoms with Crippen LogP contribution in [0.15, 0.2) is 9.98 Å². The molecule has 0 bridgehead atoms. The second kappa shape index (κ2) is 17.6. The smallest absolute Gasteiger partial charge is 0.211 e. The highest BCUT2D eigenvalue weighted by Crippen LogP contribution is 2.30. The summed E-state index contributed by atoms with van der Waals surface area (Å²) in [5.41, 5.74) is 0. The van der Waals surface area contributed by atoms with Gasteiger partial charge in [-0.1, -0.05) is 65.7 Å². The van der Waals surface area contributed by atoms with Gasteiger partial charge in [-0.25, -0.2) is 19.6 Å². The standard InChI is InChI=1S/C21H38N2O2/c1-4-19(11-7-9-13-22-17-24)15-21(6-3)16-20(5-2)12-8-10-14-23-18-25/h19-21H,4-16H2,1-3H3. The van der Waals surface area contributed by atoms with Gasteiger partial charge in [-0.2, -0.15) is 0 Å². The van der Waals surface area contributed by atoms with E-state index in [2.05, 4.69) is 30.8 Å². The molecule has 0 amide bonds. The summed E-state index contributed by atoms with van der Waals surface area (Å²) < 4.78 is 0. The molecular weight excluding hydrogens is 312 g/mol. The average molecular weight is 351 g/mol. The van der Waals surface area contributed by atoms with Crippen LogP contribution in [-0.4, -0.2) is 25.2 Å². The fourth-order valence-electron chi connectivity index (χ4n) is 3.69. The van der Waals surface area contributed by atoms with Crippen LogP contribution < -0.4 is 0 Å². The molecular formula is C21H38N2O2. The van der Waals surface area contributed by atoms with Crippen LogP contribution in [-0.2, 0) is 9.59 Å². The summed E-state index contributed by atoms with van der Waals surface area (Å²) in [5.74, 6) is 2.41. The number of isocyanates is 2. The minimum absolute atomic E-state index is 0.628. The fraction of sp³-hybridized carbons (Fsp3) is 0.905. The molecule has 0 aliphatic carbocycles. The van der Waals surface area contributed by atoms with Crippen LogP contribution in [0.2, 0.25) is 0 Å². The molecule has 0 aromatic carbocycles. The van der Waals surface area contributed by atoms with Crippen LogP contribution >= 0.6 is 0 Å². The first-order valence-corrected chi connectivity index (χ1v) is 10.3. The molecule has 0 heterocycles. The van der Waals surface area contributed by atoms with Gasteiger partial charge < -0.3 is 0 Å². The maximum Gasteiger partial charge on any atom is 0.234 e. The molecule has 4 heteroatoms. The summed E-state index contributed by atoms with van der Waals surface area (Å²) in [4.78, 5) is 27.4. The number of carbonyl (C=O) groups excluding carboxylic acids is 2. The van der Waals surface area contributed by atoms with Gasteiger partial charge in [-0.05, 0) is 43.4 Å². The molecule has 2 unspecified atom stereocenters. The summed E-state index contributed by atoms with van der Waals surface area (Å²) in [5, 5.41) is 0. The van der Waals surface area contributed by atoms with Crippen molar-refractivity contribution in [3.8, 4) is 0 Å². The van der Waals surface area contributed by atoms with Crippen molar-refractivity contribution in [3.05, 3.63) is 0 Å². The molecule has 0 fully saturated rings. The van der Waals surface area contributed by atoms with Crippen molar-refractivity contribution in [1.29, 1.82) is 0 Å². The normalized spacial score (nSPS) is 14.2. The van der Waals surface area contributed by atoms with E-state index in [0.29, 0.717) is 13.1 Å². The van der Waals surface area contributed by atoms with E-state index >= 15 is 0 Å². The molecule has 0 aromatic heterocycles. The van der Waals surface area contributed by atoms with E-state index in [-0.39, 0.29) is 0 Å². The Kier molecular flexibility index (Phi) is 16.7. The monoisotopic (exact) mass is 350 g/mol. The quantitative estimate of drug-likeness (QED) is 0.187. The maximum atomic E-state index is 10.1. The predicted octanol–water partition coefficient (Wildman–Crippen LogP) is 5.86. The lowest BCUT2D eigenvalue weighted by atomic mass is 9.80. The van der Waals surface area contributed by atoms with Crippen LogP contribution in [0.4, 0.5) is 0 Å². The predicted molar refractivity (Wildman–Crippen MR) is 104 cm³/mol. The van der Waals surface area contributed by atoms with E-state index in [1.165, 1.54) is 44.9 Å². The van der Waals surface area contributed by atoms with Crippen molar-refractivity contribution in [2.24, 2.45) is 27.7 Å². The zero-order valence-corrected chi connectivity index (χ0v) is 16.6. The number of unbranched alkanes of at least 4 members (excludes halogenated alkanes) is 2. The Morgan fingerprint density at radius 1 is 0.640 bits per heavy atom. The van der Waals surface area contributed by atoms with Gasteiger partial charge in [-0.15, -0.1) is 0 Å². The van der Waals surface area contributed by atoms with E-state index in [0.717, 1.165) is 43.4 Å². The van der Waals surface area contributed by atoms with Crippen LogP contribution in [0.25, 0.3) is 0 Å². The van der Waals surface area contributed by atoms with Crippen LogP contribution in [0, 0.1) is 17.8 Å². The summed E-state index contributed by atoms with van der Waals surface area (Å²) >= 11 is 0. The molecule has 0 radical (unpaired) electrons. The van der Waals surface area contributed by atoms with Crippen molar-refractivity contribution < 1.29 is 9.59 Å². The van der Waals surface area contributed by atoms with Crippen LogP contribution in [0.3, 0.4) is 0 Å². The van der Waals surface area contributed by atoms with E-state index in [1.54, 1.807) is 12.2 Å². The van der Waals surface area contributed by atoms with Crippen molar-refractivity contribution in [3.63, 3.8) is 0 Å². The van der Waals surface area contributed by atoms with Gasteiger partial charge >= 0.3 is 0 Å². The molecule has 4 nitrogen and oxygen atoms in total. The summed E-state index contributed by atoms with van der Waals surface area (Å²) in [6.45, 7) is 8.17. The highest BCUT2D eigenvalue weighted by Gasteiger charge is 2.18. The lowest BCUT2D eigenvalue weighted by Gasteiger charge is -2.25. The number of nitrogens with zero attached hydrogens (tertiary/aromatic N) is 2. The number of hydrogen-bond donors (Lipinski definition) is 0. The first-order chi connectivity index (χ1) is 12.2. The van der Waals surface area contributed by atoms with Crippen molar-refractivity contribution in [1.82, 2.24) is 0 Å². The largest absolute Gasteiger partial charge is 0.234 e. The molecule has 0 saturated heterocycles. The summed E-state index contributed by atoms with van der Waals surface area (Å²) in [6.07, 6.45) is 16.5. The van der Waals surface area contributed by atoms with Crippen LogP contribution in [0.5, 0.6) is 0 Å². The first-order valence-electron chi connectivity index (χ1n) is 10.3. The lowest BCUT2D eigenvalue weighted by Crippen LogP contribution is -2.13. The fourth-order valence-corrected chi connectivity index (χ4v) is 3.69. The minimum atomic E-state index is 0.628. The second-order valence-electron chi connectivity index (χ2n) is 7.23. The van der Waals surface area contributed by atoms with E-state index in [9.17, 15) is 9.59 Å². The Morgan fingerprint density at radius 2 is 1.04 bits per heavy atom. The zero-order chi connectivity index (χ0) is 18.8. The molecule has 0 aliphatic heterocycles. The molecule has 0 aromatic rings. The van der Waals surface area contributed by atoms with Crippen LogP contribution in [0.1, 0.15) is 91.4 Å². The molecule has 25 heavy (non-hydrogen) atoms. The van der Waals surface area contributed by atoms with E-state index in [1.807, 2.05) is 0 Å². The van der Waals surface area contributed by atoms with Crippen molar-refractivity contribution >= 4 is 12.2 Å². The Balaban J connectivity index is 4.18. The van der Waals surface area contributed by atoms with Gasteiger partial charge in [-0.3, -0.25) is 0 Å². The van der Waals surface area contributed by atoms with Gasteiger partial charge in [0.1, 0.15) is 0 Å². The number of hydrogen-bond acceptors (Lipinski definition) is 4. The lowest BCUT2D eigenvalue weighted by molar-refractivity contribution is 0.265. The first kappa shape index (κ1) is 23.8. The maximum absolute atomic E-state index is 10.1. The Hall–Kier alpha value is -1.24. The third kappa shape index (κ3) is 13.7. The van der Waals surface area contributed by atoms with Gasteiger partial charge in [0.2, 0.25) is 12.2 Å². The van der Waals surface area contributed by atoms with Gasteiger partial charge in [0.05, 0.1) is 13.1 Å². The molecule has 0 N–H and O–H groups in total. The van der Waals surface area contributed by atoms with Crippen molar-refractivity contribution in [2.45, 2.75) is 91.4 Å². The molecule has 0 saturated carbocycles. The molecule has 0 rings (SSSR count). The Morgan fingerprint density at radius 3 is 1.36 bits per heavy atom. The molecule has 0 spiro atoms. The SMILES string of the molecule is CCC(CCCCN=C=O)CC(CC)CC(CC)CCCCN=C=O. The van der Waals surface area contributed by atoms with Gasteiger partial charge in [0.15, 0.2) is 0 Å². The summed E-state index contributed by atoms with van der Waals surface area (Å²) in [7, 11) is 0. The highest BCUT2D eigenvalue weighted by atomic mass is 16.1. The molecule has 2 atom stereocenters. The van der Waals surface area contributed by atoms with E-state index < -0.39 is 0 Å². The van der Waals surface area contributed by atoms with Gasteiger partial charge in [0, 0.05) is 0 Å². The van der Waals surface area contributed by atoms with Gasteiger partial charge in [0.25, 0.3) is 0 Å². The number of aliphatic imine (C=N–C) groups is 2. The third-order valence-corrected chi connectivity index (χ3v) is 5.46. The Labute approximate surface area is 154 Å². The molecule has 0 aliphatic rings. The Bertz CT molecular complexity index is 363. The minimum Gasteiger partial charge on any atom is -0.211 e. The topological polar surface area (TPSA) is 58.9 Å². The molecule has 144 valence electrons. The highest BCUT2D eigenvalue weighted by molar-refractivity contribution is 5.32. The van der Waals surface area contributed by atoms with E-state index in [4.69, 9.17) is 0 Å². The third-order valence-electron chi connectivity index (χ3n) is 5.46. The van der Waals surface area contributed by atoms with Crippen molar-refractivity contribution in [2.75, 3.05) is 13.1 Å². The number of rotatable bonds is 17. The average Bonchev–Trinajstić information content (AvgIpc) is 2.64.